The topological polar surface area (TPSA) is 35.6 Å². The lowest BCUT2D eigenvalue weighted by atomic mass is 9.69. The van der Waals surface area contributed by atoms with Crippen molar-refractivity contribution in [2.24, 2.45) is 7.05 Å². The third-order valence-electron chi connectivity index (χ3n) is 11.2. The van der Waals surface area contributed by atoms with Gasteiger partial charge in [-0.05, 0) is 86.2 Å². The van der Waals surface area contributed by atoms with Gasteiger partial charge in [0.05, 0.1) is 22.1 Å². The number of aromatic nitrogens is 4. The average Bonchev–Trinajstić information content (AvgIpc) is 3.81. The van der Waals surface area contributed by atoms with Crippen molar-refractivity contribution >= 4 is 21.8 Å². The van der Waals surface area contributed by atoms with Crippen molar-refractivity contribution in [3.63, 3.8) is 0 Å². The lowest BCUT2D eigenvalue weighted by Gasteiger charge is -2.33. The van der Waals surface area contributed by atoms with E-state index in [1.807, 2.05) is 31.7 Å². The summed E-state index contributed by atoms with van der Waals surface area (Å²) in [5.41, 5.74) is 14.0. The van der Waals surface area contributed by atoms with Crippen LogP contribution in [-0.4, -0.2) is 19.1 Å². The van der Waals surface area contributed by atoms with E-state index in [0.29, 0.717) is 0 Å². The summed E-state index contributed by atoms with van der Waals surface area (Å²) in [5, 5.41) is 2.46. The molecule has 1 aliphatic carbocycles. The zero-order valence-corrected chi connectivity index (χ0v) is 31.1. The van der Waals surface area contributed by atoms with Gasteiger partial charge >= 0.3 is 0 Å². The maximum atomic E-state index is 5.19. The molecule has 0 saturated heterocycles. The summed E-state index contributed by atoms with van der Waals surface area (Å²) in [6, 6.07) is 45.4. The first-order valence-corrected chi connectivity index (χ1v) is 18.3. The van der Waals surface area contributed by atoms with Crippen LogP contribution in [-0.2, 0) is 23.3 Å². The van der Waals surface area contributed by atoms with Crippen molar-refractivity contribution in [2.75, 3.05) is 0 Å². The predicted octanol–water partition coefficient (Wildman–Crippen LogP) is 11.5. The van der Waals surface area contributed by atoms with E-state index in [-0.39, 0.29) is 10.8 Å². The third-order valence-corrected chi connectivity index (χ3v) is 11.2. The molecule has 3 heterocycles. The van der Waals surface area contributed by atoms with Gasteiger partial charge in [-0.3, -0.25) is 4.98 Å². The summed E-state index contributed by atoms with van der Waals surface area (Å²) in [7, 11) is 2.05. The second-order valence-electron chi connectivity index (χ2n) is 16.5. The standard InChI is InChI=1S/C48H44N4/c1-46(2,3)32-19-22-40-38(28-32)39-29-33(47(4,5)6)20-23-41(39)48(40,44-17-10-11-24-49-44)34-18-21-37-36-15-8-9-16-42(36)52(43(37)30-34)35-14-12-13-31(27-35)45-50-25-26-51(45)7/h8-30H,1-7H3. The first kappa shape index (κ1) is 32.2. The maximum Gasteiger partial charge on any atom is 0.139 e. The van der Waals surface area contributed by atoms with Crippen molar-refractivity contribution in [2.45, 2.75) is 57.8 Å². The first-order valence-electron chi connectivity index (χ1n) is 18.3. The van der Waals surface area contributed by atoms with E-state index >= 15 is 0 Å². The number of imidazole rings is 1. The highest BCUT2D eigenvalue weighted by Crippen LogP contribution is 2.57. The molecule has 52 heavy (non-hydrogen) atoms. The van der Waals surface area contributed by atoms with Crippen LogP contribution in [0.2, 0.25) is 0 Å². The van der Waals surface area contributed by atoms with E-state index in [0.717, 1.165) is 22.8 Å². The van der Waals surface area contributed by atoms with Crippen LogP contribution in [0.5, 0.6) is 0 Å². The number of rotatable bonds is 4. The fourth-order valence-electron chi connectivity index (χ4n) is 8.50. The van der Waals surface area contributed by atoms with Gasteiger partial charge in [0.15, 0.2) is 0 Å². The van der Waals surface area contributed by atoms with Crippen LogP contribution >= 0.6 is 0 Å². The van der Waals surface area contributed by atoms with Gasteiger partial charge in [-0.2, -0.15) is 0 Å². The van der Waals surface area contributed by atoms with Gasteiger partial charge in [-0.1, -0.05) is 126 Å². The fraction of sp³-hybridized carbons (Fsp3) is 0.208. The normalized spacial score (nSPS) is 13.8. The zero-order valence-electron chi connectivity index (χ0n) is 31.1. The molecule has 4 nitrogen and oxygen atoms in total. The summed E-state index contributed by atoms with van der Waals surface area (Å²) >= 11 is 0. The van der Waals surface area contributed by atoms with E-state index in [9.17, 15) is 0 Å². The SMILES string of the molecule is Cn1ccnc1-c1cccc(-n2c3ccccc3c3ccc(C4(c5ccccn5)c5ccc(C(C)(C)C)cc5-c5cc(C(C)(C)C)ccc54)cc32)c1. The molecule has 0 radical (unpaired) electrons. The molecule has 0 unspecified atom stereocenters. The highest BCUT2D eigenvalue weighted by molar-refractivity contribution is 6.09. The molecule has 0 bridgehead atoms. The molecule has 0 spiro atoms. The summed E-state index contributed by atoms with van der Waals surface area (Å²) in [6.45, 7) is 13.8. The largest absolute Gasteiger partial charge is 0.334 e. The molecule has 3 aromatic heterocycles. The third kappa shape index (κ3) is 4.74. The molecule has 4 heteroatoms. The number of pyridine rings is 1. The summed E-state index contributed by atoms with van der Waals surface area (Å²) < 4.78 is 4.50. The minimum Gasteiger partial charge on any atom is -0.334 e. The number of hydrogen-bond acceptors (Lipinski definition) is 2. The highest BCUT2D eigenvalue weighted by atomic mass is 15.0. The van der Waals surface area contributed by atoms with Crippen molar-refractivity contribution in [1.29, 1.82) is 0 Å². The molecular formula is C48H44N4. The van der Waals surface area contributed by atoms with Crippen molar-refractivity contribution in [3.8, 4) is 28.2 Å². The molecule has 5 aromatic carbocycles. The van der Waals surface area contributed by atoms with E-state index in [1.165, 1.54) is 60.8 Å². The fourth-order valence-corrected chi connectivity index (χ4v) is 8.50. The number of fused-ring (bicyclic) bond motifs is 6. The van der Waals surface area contributed by atoms with Gasteiger partial charge < -0.3 is 9.13 Å². The monoisotopic (exact) mass is 676 g/mol. The zero-order chi connectivity index (χ0) is 36.0. The number of hydrogen-bond donors (Lipinski definition) is 0. The Balaban J connectivity index is 1.38. The van der Waals surface area contributed by atoms with Crippen LogP contribution in [0.15, 0.2) is 140 Å². The minimum absolute atomic E-state index is 0.0103. The number of aryl methyl sites for hydroxylation is 1. The Morgan fingerprint density at radius 1 is 0.558 bits per heavy atom. The summed E-state index contributed by atoms with van der Waals surface area (Å²) in [6.07, 6.45) is 5.80. The summed E-state index contributed by atoms with van der Waals surface area (Å²) in [4.78, 5) is 9.86. The molecule has 0 aliphatic heterocycles. The van der Waals surface area contributed by atoms with Crippen molar-refractivity contribution in [1.82, 2.24) is 19.1 Å². The van der Waals surface area contributed by atoms with E-state index in [1.54, 1.807) is 0 Å². The van der Waals surface area contributed by atoms with Crippen LogP contribution in [0.4, 0.5) is 0 Å². The number of para-hydroxylation sites is 1. The lowest BCUT2D eigenvalue weighted by molar-refractivity contribution is 0.589. The Labute approximate surface area is 306 Å². The Morgan fingerprint density at radius 2 is 1.23 bits per heavy atom. The molecule has 1 aliphatic rings. The average molecular weight is 677 g/mol. The Hall–Kier alpha value is -5.74. The van der Waals surface area contributed by atoms with E-state index in [4.69, 9.17) is 4.98 Å². The highest BCUT2D eigenvalue weighted by Gasteiger charge is 2.48. The van der Waals surface area contributed by atoms with Gasteiger partial charge in [-0.15, -0.1) is 0 Å². The maximum absolute atomic E-state index is 5.19. The Morgan fingerprint density at radius 3 is 1.87 bits per heavy atom. The van der Waals surface area contributed by atoms with E-state index < -0.39 is 5.41 Å². The van der Waals surface area contributed by atoms with Crippen molar-refractivity contribution < 1.29 is 0 Å². The molecule has 9 rings (SSSR count). The first-order chi connectivity index (χ1) is 25.0. The lowest BCUT2D eigenvalue weighted by Crippen LogP contribution is -2.30. The van der Waals surface area contributed by atoms with Crippen LogP contribution in [0.1, 0.15) is 75.1 Å². The molecule has 0 atom stereocenters. The molecule has 0 fully saturated rings. The van der Waals surface area contributed by atoms with E-state index in [2.05, 4.69) is 171 Å². The van der Waals surface area contributed by atoms with Gasteiger partial charge in [0.25, 0.3) is 0 Å². The van der Waals surface area contributed by atoms with Gasteiger partial charge in [0.2, 0.25) is 0 Å². The molecular weight excluding hydrogens is 633 g/mol. The molecule has 0 saturated carbocycles. The minimum atomic E-state index is -0.622. The van der Waals surface area contributed by atoms with Crippen LogP contribution in [0.25, 0.3) is 50.0 Å². The molecule has 256 valence electrons. The van der Waals surface area contributed by atoms with Crippen molar-refractivity contribution in [3.05, 3.63) is 173 Å². The molecule has 0 amide bonds. The molecule has 0 N–H and O–H groups in total. The van der Waals surface area contributed by atoms with Gasteiger partial charge in [0.1, 0.15) is 5.82 Å². The van der Waals surface area contributed by atoms with Crippen LogP contribution in [0, 0.1) is 0 Å². The van der Waals surface area contributed by atoms with Crippen LogP contribution in [0.3, 0.4) is 0 Å². The smallest absolute Gasteiger partial charge is 0.139 e. The molecule has 8 aromatic rings. The second-order valence-corrected chi connectivity index (χ2v) is 16.5. The van der Waals surface area contributed by atoms with Gasteiger partial charge in [0, 0.05) is 47.7 Å². The number of nitrogens with zero attached hydrogens (tertiary/aromatic N) is 4. The van der Waals surface area contributed by atoms with Gasteiger partial charge in [-0.25, -0.2) is 4.98 Å². The second kappa shape index (κ2) is 11.4. The Kier molecular flexibility index (Phi) is 7.05. The quantitative estimate of drug-likeness (QED) is 0.186. The predicted molar refractivity (Wildman–Crippen MR) is 215 cm³/mol. The number of benzene rings is 5. The van der Waals surface area contributed by atoms with Crippen LogP contribution < -0.4 is 0 Å². The Bertz CT molecular complexity index is 2600. The summed E-state index contributed by atoms with van der Waals surface area (Å²) in [5.74, 6) is 0.945.